The highest BCUT2D eigenvalue weighted by Gasteiger charge is 2.16. The van der Waals surface area contributed by atoms with Crippen LogP contribution in [0, 0.1) is 10.1 Å². The van der Waals surface area contributed by atoms with Crippen molar-refractivity contribution in [2.75, 3.05) is 13.1 Å². The summed E-state index contributed by atoms with van der Waals surface area (Å²) in [5.41, 5.74) is 0.561. The molecule has 3 N–H and O–H groups in total. The Hall–Kier alpha value is -3.12. The normalized spacial score (nSPS) is 12.3. The molecule has 1 unspecified atom stereocenters. The van der Waals surface area contributed by atoms with E-state index in [-0.39, 0.29) is 29.2 Å². The van der Waals surface area contributed by atoms with Crippen molar-refractivity contribution >= 4 is 33.0 Å². The molecular weight excluding hydrogens is 454 g/mol. The number of non-ortho nitro benzene ring substituents is 1. The van der Waals surface area contributed by atoms with Gasteiger partial charge in [0.05, 0.1) is 15.9 Å². The third-order valence-corrected chi connectivity index (χ3v) is 7.03. The Labute approximate surface area is 188 Å². The Kier molecular flexibility index (Phi) is 7.70. The van der Waals surface area contributed by atoms with Crippen molar-refractivity contribution in [1.29, 1.82) is 0 Å². The van der Waals surface area contributed by atoms with Gasteiger partial charge in [-0.25, -0.2) is 13.1 Å². The van der Waals surface area contributed by atoms with Gasteiger partial charge >= 0.3 is 0 Å². The number of aliphatic hydroxyl groups excluding tert-OH is 1. The van der Waals surface area contributed by atoms with E-state index in [9.17, 15) is 28.4 Å². The summed E-state index contributed by atoms with van der Waals surface area (Å²) in [7, 11) is -3.69. The van der Waals surface area contributed by atoms with Crippen LogP contribution in [0.15, 0.2) is 70.9 Å². The molecule has 11 heteroatoms. The van der Waals surface area contributed by atoms with Gasteiger partial charge in [-0.3, -0.25) is 14.9 Å². The van der Waals surface area contributed by atoms with Crippen LogP contribution in [0.3, 0.4) is 0 Å². The number of amides is 1. The van der Waals surface area contributed by atoms with Crippen molar-refractivity contribution in [3.8, 4) is 0 Å². The quantitative estimate of drug-likeness (QED) is 0.304. The summed E-state index contributed by atoms with van der Waals surface area (Å²) in [6.07, 6.45) is -0.457. The zero-order chi connectivity index (χ0) is 23.1. The van der Waals surface area contributed by atoms with Crippen LogP contribution in [-0.4, -0.2) is 37.4 Å². The van der Waals surface area contributed by atoms with E-state index in [0.717, 1.165) is 4.88 Å². The lowest BCUT2D eigenvalue weighted by Crippen LogP contribution is -2.28. The van der Waals surface area contributed by atoms with E-state index in [2.05, 4.69) is 10.0 Å². The van der Waals surface area contributed by atoms with Gasteiger partial charge in [0.25, 0.3) is 11.6 Å². The molecule has 0 spiro atoms. The molecule has 0 aliphatic rings. The third-order valence-electron chi connectivity index (χ3n) is 4.62. The van der Waals surface area contributed by atoms with Crippen LogP contribution < -0.4 is 10.0 Å². The zero-order valence-electron chi connectivity index (χ0n) is 16.8. The third kappa shape index (κ3) is 6.20. The van der Waals surface area contributed by atoms with Gasteiger partial charge in [0.15, 0.2) is 0 Å². The van der Waals surface area contributed by atoms with Crippen molar-refractivity contribution in [1.82, 2.24) is 10.0 Å². The molecule has 32 heavy (non-hydrogen) atoms. The first-order valence-electron chi connectivity index (χ1n) is 9.59. The first-order valence-corrected chi connectivity index (χ1v) is 12.0. The highest BCUT2D eigenvalue weighted by atomic mass is 32.2. The smallest absolute Gasteiger partial charge is 0.269 e. The van der Waals surface area contributed by atoms with Crippen LogP contribution >= 0.6 is 11.3 Å². The summed E-state index contributed by atoms with van der Waals surface area (Å²) in [5, 5.41) is 25.3. The molecule has 1 amide bonds. The number of sulfonamides is 1. The highest BCUT2D eigenvalue weighted by Crippen LogP contribution is 2.18. The molecule has 3 rings (SSSR count). The van der Waals surface area contributed by atoms with Crippen molar-refractivity contribution in [2.24, 2.45) is 0 Å². The first-order chi connectivity index (χ1) is 15.3. The van der Waals surface area contributed by atoms with Crippen molar-refractivity contribution < 1.29 is 23.2 Å². The molecule has 1 aromatic heterocycles. The van der Waals surface area contributed by atoms with Gasteiger partial charge in [-0.15, -0.1) is 11.3 Å². The number of hydrogen-bond donors (Lipinski definition) is 3. The maximum absolute atomic E-state index is 12.4. The predicted molar refractivity (Wildman–Crippen MR) is 120 cm³/mol. The molecule has 0 bridgehead atoms. The molecule has 168 valence electrons. The number of thiophene rings is 1. The molecule has 1 atom stereocenters. The average molecular weight is 476 g/mol. The summed E-state index contributed by atoms with van der Waals surface area (Å²) in [6.45, 7) is 0.159. The number of nitro benzene ring substituents is 1. The van der Waals surface area contributed by atoms with Crippen LogP contribution in [0.25, 0.3) is 0 Å². The highest BCUT2D eigenvalue weighted by molar-refractivity contribution is 7.89. The fourth-order valence-electron chi connectivity index (χ4n) is 2.86. The molecule has 0 aliphatic heterocycles. The minimum absolute atomic E-state index is 0.0474. The topological polar surface area (TPSA) is 139 Å². The molecular formula is C21H21N3O6S2. The van der Waals surface area contributed by atoms with Gasteiger partial charge in [-0.1, -0.05) is 6.07 Å². The summed E-state index contributed by atoms with van der Waals surface area (Å²) in [4.78, 5) is 23.6. The summed E-state index contributed by atoms with van der Waals surface area (Å²) in [6, 6.07) is 14.7. The largest absolute Gasteiger partial charge is 0.387 e. The fraction of sp³-hybridized carbons (Fsp3) is 0.190. The van der Waals surface area contributed by atoms with Gasteiger partial charge < -0.3 is 10.4 Å². The molecule has 1 heterocycles. The fourth-order valence-corrected chi connectivity index (χ4v) is 4.60. The second-order valence-corrected chi connectivity index (χ2v) is 9.63. The Bertz CT molecular complexity index is 1160. The van der Waals surface area contributed by atoms with E-state index in [1.807, 2.05) is 17.5 Å². The SMILES string of the molecule is O=C(NCC(O)c1ccc([N+](=O)[O-])cc1)c1ccc(S(=O)(=O)NCCc2cccs2)cc1. The van der Waals surface area contributed by atoms with E-state index in [4.69, 9.17) is 0 Å². The Morgan fingerprint density at radius 3 is 2.38 bits per heavy atom. The number of benzene rings is 2. The predicted octanol–water partition coefficient (Wildman–Crippen LogP) is 2.64. The van der Waals surface area contributed by atoms with Crippen LogP contribution in [0.4, 0.5) is 5.69 Å². The van der Waals surface area contributed by atoms with Gasteiger partial charge in [0.1, 0.15) is 0 Å². The van der Waals surface area contributed by atoms with Crippen LogP contribution in [0.5, 0.6) is 0 Å². The molecule has 0 aliphatic carbocycles. The van der Waals surface area contributed by atoms with Gasteiger partial charge in [-0.2, -0.15) is 0 Å². The summed E-state index contributed by atoms with van der Waals surface area (Å²) < 4.78 is 27.3. The Morgan fingerprint density at radius 2 is 1.78 bits per heavy atom. The van der Waals surface area contributed by atoms with Crippen LogP contribution in [0.1, 0.15) is 26.9 Å². The zero-order valence-corrected chi connectivity index (χ0v) is 18.4. The maximum atomic E-state index is 12.4. The van der Waals surface area contributed by atoms with E-state index in [1.54, 1.807) is 11.3 Å². The number of nitrogens with zero attached hydrogens (tertiary/aromatic N) is 1. The van der Waals surface area contributed by atoms with E-state index in [1.165, 1.54) is 48.5 Å². The summed E-state index contributed by atoms with van der Waals surface area (Å²) >= 11 is 1.56. The van der Waals surface area contributed by atoms with Gasteiger partial charge in [0.2, 0.25) is 10.0 Å². The number of rotatable bonds is 10. The minimum atomic E-state index is -3.69. The standard InChI is InChI=1S/C21H21N3O6S2/c25-20(15-3-7-17(8-4-15)24(27)28)14-22-21(26)16-5-9-19(10-6-16)32(29,30)23-12-11-18-2-1-13-31-18/h1-10,13,20,23,25H,11-12,14H2,(H,22,26). The molecule has 9 nitrogen and oxygen atoms in total. The second-order valence-electron chi connectivity index (χ2n) is 6.83. The lowest BCUT2D eigenvalue weighted by atomic mass is 10.1. The van der Waals surface area contributed by atoms with Crippen molar-refractivity contribution in [2.45, 2.75) is 17.4 Å². The minimum Gasteiger partial charge on any atom is -0.387 e. The van der Waals surface area contributed by atoms with Gasteiger partial charge in [0, 0.05) is 35.7 Å². The number of nitrogens with one attached hydrogen (secondary N) is 2. The maximum Gasteiger partial charge on any atom is 0.269 e. The van der Waals surface area contributed by atoms with E-state index >= 15 is 0 Å². The Morgan fingerprint density at radius 1 is 1.09 bits per heavy atom. The number of carbonyl (C=O) groups excluding carboxylic acids is 1. The monoisotopic (exact) mass is 475 g/mol. The lowest BCUT2D eigenvalue weighted by molar-refractivity contribution is -0.384. The molecule has 3 aromatic rings. The van der Waals surface area contributed by atoms with E-state index < -0.39 is 27.0 Å². The molecule has 0 saturated heterocycles. The lowest BCUT2D eigenvalue weighted by Gasteiger charge is -2.12. The number of hydrogen-bond acceptors (Lipinski definition) is 7. The molecule has 0 radical (unpaired) electrons. The number of carbonyl (C=O) groups is 1. The second kappa shape index (κ2) is 10.5. The van der Waals surface area contributed by atoms with Crippen molar-refractivity contribution in [3.05, 3.63) is 92.2 Å². The Balaban J connectivity index is 1.53. The van der Waals surface area contributed by atoms with Gasteiger partial charge in [-0.05, 0) is 59.8 Å². The first kappa shape index (κ1) is 23.5. The van der Waals surface area contributed by atoms with Crippen LogP contribution in [0.2, 0.25) is 0 Å². The average Bonchev–Trinajstić information content (AvgIpc) is 3.30. The molecule has 0 saturated carbocycles. The number of nitro groups is 1. The van der Waals surface area contributed by atoms with E-state index in [0.29, 0.717) is 12.0 Å². The van der Waals surface area contributed by atoms with Crippen molar-refractivity contribution in [3.63, 3.8) is 0 Å². The van der Waals surface area contributed by atoms with Crippen LogP contribution in [-0.2, 0) is 16.4 Å². The number of aliphatic hydroxyl groups is 1. The molecule has 2 aromatic carbocycles. The summed E-state index contributed by atoms with van der Waals surface area (Å²) in [5.74, 6) is -0.486. The molecule has 0 fully saturated rings.